The predicted molar refractivity (Wildman–Crippen MR) is 83.6 cm³/mol. The number of aryl methyl sites for hydroxylation is 1. The lowest BCUT2D eigenvalue weighted by Crippen LogP contribution is -2.32. The maximum atomic E-state index is 13.4. The Morgan fingerprint density at radius 1 is 1.35 bits per heavy atom. The number of carbonyl (C=O) groups is 1. The summed E-state index contributed by atoms with van der Waals surface area (Å²) in [5.41, 5.74) is 2.28. The lowest BCUT2D eigenvalue weighted by atomic mass is 10.1. The Morgan fingerprint density at radius 3 is 2.96 bits per heavy atom. The second kappa shape index (κ2) is 6.38. The van der Waals surface area contributed by atoms with Gasteiger partial charge < -0.3 is 15.2 Å². The molecule has 2 atom stereocenters. The maximum absolute atomic E-state index is 13.4. The van der Waals surface area contributed by atoms with Crippen LogP contribution < -0.4 is 10.1 Å². The highest BCUT2D eigenvalue weighted by Crippen LogP contribution is 2.32. The SMILES string of the molecule is COc1cccc(C(O)C(=O)NC2CCc3ccc(F)cc32)c1. The van der Waals surface area contributed by atoms with Crippen LogP contribution in [0.3, 0.4) is 0 Å². The number of halogens is 1. The van der Waals surface area contributed by atoms with Crippen LogP contribution in [-0.4, -0.2) is 18.1 Å². The predicted octanol–water partition coefficient (Wildman–Crippen LogP) is 2.67. The number of fused-ring (bicyclic) bond motifs is 1. The molecule has 1 amide bonds. The molecule has 0 aliphatic heterocycles. The van der Waals surface area contributed by atoms with Crippen LogP contribution in [0.4, 0.5) is 4.39 Å². The Hall–Kier alpha value is -2.40. The van der Waals surface area contributed by atoms with Gasteiger partial charge in [-0.1, -0.05) is 18.2 Å². The van der Waals surface area contributed by atoms with E-state index in [0.29, 0.717) is 17.7 Å². The number of rotatable bonds is 4. The molecular formula is C18H18FNO3. The normalized spacial score (nSPS) is 17.4. The van der Waals surface area contributed by atoms with Gasteiger partial charge in [-0.3, -0.25) is 4.79 Å². The average Bonchev–Trinajstić information content (AvgIpc) is 2.96. The fourth-order valence-corrected chi connectivity index (χ4v) is 2.94. The van der Waals surface area contributed by atoms with Crippen molar-refractivity contribution in [3.05, 3.63) is 65.0 Å². The molecule has 5 heteroatoms. The monoisotopic (exact) mass is 315 g/mol. The minimum Gasteiger partial charge on any atom is -0.497 e. The number of carbonyl (C=O) groups excluding carboxylic acids is 1. The summed E-state index contributed by atoms with van der Waals surface area (Å²) in [6, 6.07) is 11.1. The van der Waals surface area contributed by atoms with E-state index in [9.17, 15) is 14.3 Å². The third kappa shape index (κ3) is 3.19. The Bertz CT molecular complexity index is 732. The minimum absolute atomic E-state index is 0.270. The highest BCUT2D eigenvalue weighted by molar-refractivity contribution is 5.82. The van der Waals surface area contributed by atoms with Crippen molar-refractivity contribution in [3.8, 4) is 5.75 Å². The van der Waals surface area contributed by atoms with E-state index in [1.54, 1.807) is 30.3 Å². The highest BCUT2D eigenvalue weighted by Gasteiger charge is 2.27. The van der Waals surface area contributed by atoms with Gasteiger partial charge in [0.15, 0.2) is 6.10 Å². The number of ether oxygens (including phenoxy) is 1. The van der Waals surface area contributed by atoms with Gasteiger partial charge in [0.1, 0.15) is 11.6 Å². The van der Waals surface area contributed by atoms with Crippen molar-refractivity contribution in [2.45, 2.75) is 25.0 Å². The third-order valence-electron chi connectivity index (χ3n) is 4.16. The zero-order valence-corrected chi connectivity index (χ0v) is 12.8. The zero-order valence-electron chi connectivity index (χ0n) is 12.8. The smallest absolute Gasteiger partial charge is 0.253 e. The summed E-state index contributed by atoms with van der Waals surface area (Å²) in [4.78, 5) is 12.3. The van der Waals surface area contributed by atoms with E-state index in [4.69, 9.17) is 4.74 Å². The summed E-state index contributed by atoms with van der Waals surface area (Å²) >= 11 is 0. The Morgan fingerprint density at radius 2 is 2.17 bits per heavy atom. The molecule has 1 aliphatic carbocycles. The van der Waals surface area contributed by atoms with Crippen LogP contribution in [0, 0.1) is 5.82 Å². The van der Waals surface area contributed by atoms with Gasteiger partial charge in [0.25, 0.3) is 5.91 Å². The molecule has 2 unspecified atom stereocenters. The van der Waals surface area contributed by atoms with Gasteiger partial charge in [-0.15, -0.1) is 0 Å². The van der Waals surface area contributed by atoms with Crippen molar-refractivity contribution in [1.29, 1.82) is 0 Å². The molecule has 1 aliphatic rings. The summed E-state index contributed by atoms with van der Waals surface area (Å²) in [5.74, 6) is -0.249. The van der Waals surface area contributed by atoms with Crippen LogP contribution in [0.15, 0.2) is 42.5 Å². The van der Waals surface area contributed by atoms with Crippen molar-refractivity contribution in [1.82, 2.24) is 5.32 Å². The number of amides is 1. The molecule has 0 heterocycles. The van der Waals surface area contributed by atoms with Gasteiger partial charge in [0.05, 0.1) is 13.2 Å². The first kappa shape index (κ1) is 15.5. The van der Waals surface area contributed by atoms with E-state index >= 15 is 0 Å². The van der Waals surface area contributed by atoms with E-state index in [1.807, 2.05) is 0 Å². The first-order valence-corrected chi connectivity index (χ1v) is 7.49. The summed E-state index contributed by atoms with van der Waals surface area (Å²) in [6.07, 6.45) is 0.202. The number of aliphatic hydroxyl groups excluding tert-OH is 1. The van der Waals surface area contributed by atoms with Gasteiger partial charge in [0.2, 0.25) is 0 Å². The van der Waals surface area contributed by atoms with Gasteiger partial charge in [-0.05, 0) is 53.8 Å². The van der Waals surface area contributed by atoms with Crippen LogP contribution in [0.1, 0.15) is 35.3 Å². The zero-order chi connectivity index (χ0) is 16.4. The quantitative estimate of drug-likeness (QED) is 0.912. The standard InChI is InChI=1S/C18H18FNO3/c1-23-14-4-2-3-12(9-14)17(21)18(22)20-16-8-6-11-5-7-13(19)10-15(11)16/h2-5,7,9-10,16-17,21H,6,8H2,1H3,(H,20,22). The van der Waals surface area contributed by atoms with Crippen LogP contribution in [-0.2, 0) is 11.2 Å². The topological polar surface area (TPSA) is 58.6 Å². The van der Waals surface area contributed by atoms with Crippen LogP contribution in [0.25, 0.3) is 0 Å². The Kier molecular flexibility index (Phi) is 4.30. The van der Waals surface area contributed by atoms with Crippen LogP contribution in [0.5, 0.6) is 5.75 Å². The molecule has 2 aromatic carbocycles. The summed E-state index contributed by atoms with van der Waals surface area (Å²) in [6.45, 7) is 0. The largest absolute Gasteiger partial charge is 0.497 e. The first-order valence-electron chi connectivity index (χ1n) is 7.49. The van der Waals surface area contributed by atoms with E-state index < -0.39 is 12.0 Å². The van der Waals surface area contributed by atoms with Crippen molar-refractivity contribution in [2.75, 3.05) is 7.11 Å². The lowest BCUT2D eigenvalue weighted by molar-refractivity contribution is -0.130. The molecule has 0 saturated carbocycles. The van der Waals surface area contributed by atoms with Crippen molar-refractivity contribution >= 4 is 5.91 Å². The van der Waals surface area contributed by atoms with E-state index in [-0.39, 0.29) is 11.9 Å². The number of hydrogen-bond acceptors (Lipinski definition) is 3. The fraction of sp³-hybridized carbons (Fsp3) is 0.278. The van der Waals surface area contributed by atoms with Crippen molar-refractivity contribution in [3.63, 3.8) is 0 Å². The number of nitrogens with one attached hydrogen (secondary N) is 1. The van der Waals surface area contributed by atoms with Gasteiger partial charge in [0, 0.05) is 0 Å². The van der Waals surface area contributed by atoms with Crippen LogP contribution in [0.2, 0.25) is 0 Å². The van der Waals surface area contributed by atoms with Gasteiger partial charge in [-0.25, -0.2) is 4.39 Å². The molecule has 2 aromatic rings. The van der Waals surface area contributed by atoms with Crippen molar-refractivity contribution in [2.24, 2.45) is 0 Å². The van der Waals surface area contributed by atoms with E-state index in [1.165, 1.54) is 19.2 Å². The number of hydrogen-bond donors (Lipinski definition) is 2. The lowest BCUT2D eigenvalue weighted by Gasteiger charge is -2.18. The molecule has 4 nitrogen and oxygen atoms in total. The molecule has 3 rings (SSSR count). The molecule has 0 fully saturated rings. The molecule has 0 bridgehead atoms. The van der Waals surface area contributed by atoms with Gasteiger partial charge in [-0.2, -0.15) is 0 Å². The number of methoxy groups -OCH3 is 1. The Labute approximate surface area is 133 Å². The molecule has 0 aromatic heterocycles. The summed E-state index contributed by atoms with van der Waals surface area (Å²) in [7, 11) is 1.52. The van der Waals surface area contributed by atoms with Crippen LogP contribution >= 0.6 is 0 Å². The average molecular weight is 315 g/mol. The molecular weight excluding hydrogens is 297 g/mol. The van der Waals surface area contributed by atoms with Gasteiger partial charge >= 0.3 is 0 Å². The summed E-state index contributed by atoms with van der Waals surface area (Å²) in [5, 5.41) is 13.0. The van der Waals surface area contributed by atoms with Crippen molar-refractivity contribution < 1.29 is 19.0 Å². The Balaban J connectivity index is 1.74. The second-order valence-corrected chi connectivity index (χ2v) is 5.62. The second-order valence-electron chi connectivity index (χ2n) is 5.62. The molecule has 0 saturated heterocycles. The maximum Gasteiger partial charge on any atom is 0.253 e. The molecule has 23 heavy (non-hydrogen) atoms. The number of aliphatic hydroxyl groups is 1. The van der Waals surface area contributed by atoms with E-state index in [2.05, 4.69) is 5.32 Å². The van der Waals surface area contributed by atoms with E-state index in [0.717, 1.165) is 17.5 Å². The third-order valence-corrected chi connectivity index (χ3v) is 4.16. The minimum atomic E-state index is -1.29. The number of benzene rings is 2. The molecule has 0 radical (unpaired) electrons. The summed E-state index contributed by atoms with van der Waals surface area (Å²) < 4.78 is 18.5. The first-order chi connectivity index (χ1) is 11.1. The molecule has 2 N–H and O–H groups in total. The molecule has 120 valence electrons. The molecule has 0 spiro atoms. The fourth-order valence-electron chi connectivity index (χ4n) is 2.94. The highest BCUT2D eigenvalue weighted by atomic mass is 19.1.